The second-order valence-corrected chi connectivity index (χ2v) is 4.10. The highest BCUT2D eigenvalue weighted by atomic mass is 19.1. The van der Waals surface area contributed by atoms with Crippen molar-refractivity contribution < 1.29 is 9.13 Å². The van der Waals surface area contributed by atoms with Crippen molar-refractivity contribution in [3.8, 4) is 0 Å². The second kappa shape index (κ2) is 6.61. The first kappa shape index (κ1) is 13.1. The summed E-state index contributed by atoms with van der Waals surface area (Å²) in [4.78, 5) is 0. The summed E-state index contributed by atoms with van der Waals surface area (Å²) in [7, 11) is 1.88. The molecule has 0 aromatic heterocycles. The zero-order chi connectivity index (χ0) is 12.0. The zero-order valence-corrected chi connectivity index (χ0v) is 10.2. The minimum Gasteiger partial charge on any atom is -0.379 e. The molecule has 16 heavy (non-hydrogen) atoms. The van der Waals surface area contributed by atoms with E-state index in [2.05, 4.69) is 5.32 Å². The van der Waals surface area contributed by atoms with Gasteiger partial charge < -0.3 is 10.1 Å². The third kappa shape index (κ3) is 4.29. The normalized spacial score (nSPS) is 13.1. The molecule has 0 saturated carbocycles. The van der Waals surface area contributed by atoms with Gasteiger partial charge in [0.25, 0.3) is 0 Å². The molecule has 0 saturated heterocycles. The lowest BCUT2D eigenvalue weighted by Gasteiger charge is -2.17. The molecule has 1 aromatic carbocycles. The van der Waals surface area contributed by atoms with E-state index >= 15 is 0 Å². The molecule has 0 aliphatic heterocycles. The van der Waals surface area contributed by atoms with Gasteiger partial charge in [0.1, 0.15) is 5.82 Å². The Morgan fingerprint density at radius 2 is 2.12 bits per heavy atom. The SMILES string of the molecule is CNC(CCOC(C)C)c1cccc(F)c1. The van der Waals surface area contributed by atoms with Crippen LogP contribution in [0.25, 0.3) is 0 Å². The van der Waals surface area contributed by atoms with Crippen molar-refractivity contribution in [1.29, 1.82) is 0 Å². The summed E-state index contributed by atoms with van der Waals surface area (Å²) in [5, 5.41) is 3.17. The van der Waals surface area contributed by atoms with Crippen LogP contribution in [-0.4, -0.2) is 19.8 Å². The van der Waals surface area contributed by atoms with Crippen molar-refractivity contribution in [3.05, 3.63) is 35.6 Å². The maximum Gasteiger partial charge on any atom is 0.123 e. The number of hydrogen-bond donors (Lipinski definition) is 1. The van der Waals surface area contributed by atoms with Gasteiger partial charge in [-0.2, -0.15) is 0 Å². The van der Waals surface area contributed by atoms with Crippen LogP contribution in [0.5, 0.6) is 0 Å². The first-order valence-corrected chi connectivity index (χ1v) is 5.68. The monoisotopic (exact) mass is 225 g/mol. The standard InChI is InChI=1S/C13H20FNO/c1-10(2)16-8-7-13(15-3)11-5-4-6-12(14)9-11/h4-6,9-10,13,15H,7-8H2,1-3H3. The average molecular weight is 225 g/mol. The number of nitrogens with one attached hydrogen (secondary N) is 1. The van der Waals surface area contributed by atoms with Crippen molar-refractivity contribution in [3.63, 3.8) is 0 Å². The van der Waals surface area contributed by atoms with E-state index < -0.39 is 0 Å². The van der Waals surface area contributed by atoms with E-state index in [1.165, 1.54) is 6.07 Å². The largest absolute Gasteiger partial charge is 0.379 e. The third-order valence-electron chi connectivity index (χ3n) is 2.46. The van der Waals surface area contributed by atoms with Crippen LogP contribution in [0.1, 0.15) is 31.9 Å². The molecule has 1 unspecified atom stereocenters. The van der Waals surface area contributed by atoms with Gasteiger partial charge >= 0.3 is 0 Å². The van der Waals surface area contributed by atoms with Crippen molar-refractivity contribution >= 4 is 0 Å². The predicted molar refractivity (Wildman–Crippen MR) is 63.9 cm³/mol. The Kier molecular flexibility index (Phi) is 5.43. The summed E-state index contributed by atoms with van der Waals surface area (Å²) < 4.78 is 18.5. The molecule has 0 fully saturated rings. The summed E-state index contributed by atoms with van der Waals surface area (Å²) >= 11 is 0. The van der Waals surface area contributed by atoms with Gasteiger partial charge in [0.2, 0.25) is 0 Å². The van der Waals surface area contributed by atoms with Crippen molar-refractivity contribution in [1.82, 2.24) is 5.32 Å². The number of hydrogen-bond acceptors (Lipinski definition) is 2. The van der Waals surface area contributed by atoms with Gasteiger partial charge in [-0.1, -0.05) is 12.1 Å². The third-order valence-corrected chi connectivity index (χ3v) is 2.46. The number of halogens is 1. The van der Waals surface area contributed by atoms with Crippen LogP contribution >= 0.6 is 0 Å². The molecule has 1 aromatic rings. The van der Waals surface area contributed by atoms with E-state index in [0.717, 1.165) is 12.0 Å². The van der Waals surface area contributed by atoms with Crippen LogP contribution in [-0.2, 0) is 4.74 Å². The molecule has 1 rings (SSSR count). The smallest absolute Gasteiger partial charge is 0.123 e. The van der Waals surface area contributed by atoms with Gasteiger partial charge in [-0.15, -0.1) is 0 Å². The molecular weight excluding hydrogens is 205 g/mol. The highest BCUT2D eigenvalue weighted by molar-refractivity contribution is 5.19. The molecule has 0 spiro atoms. The van der Waals surface area contributed by atoms with Gasteiger partial charge in [0.05, 0.1) is 6.10 Å². The zero-order valence-electron chi connectivity index (χ0n) is 10.2. The van der Waals surface area contributed by atoms with Crippen molar-refractivity contribution in [2.45, 2.75) is 32.4 Å². The molecule has 0 heterocycles. The van der Waals surface area contributed by atoms with Gasteiger partial charge in [0.15, 0.2) is 0 Å². The summed E-state index contributed by atoms with van der Waals surface area (Å²) in [6.07, 6.45) is 1.09. The molecule has 1 atom stereocenters. The Labute approximate surface area is 96.8 Å². The van der Waals surface area contributed by atoms with Crippen LogP contribution in [0.3, 0.4) is 0 Å². The Morgan fingerprint density at radius 3 is 2.69 bits per heavy atom. The Bertz CT molecular complexity index is 315. The lowest BCUT2D eigenvalue weighted by atomic mass is 10.0. The molecule has 0 aliphatic carbocycles. The summed E-state index contributed by atoms with van der Waals surface area (Å²) in [5.41, 5.74) is 0.967. The van der Waals surface area contributed by atoms with E-state index in [0.29, 0.717) is 6.61 Å². The van der Waals surface area contributed by atoms with E-state index in [-0.39, 0.29) is 18.0 Å². The lowest BCUT2D eigenvalue weighted by Crippen LogP contribution is -2.19. The van der Waals surface area contributed by atoms with Crippen LogP contribution in [0.15, 0.2) is 24.3 Å². The van der Waals surface area contributed by atoms with Crippen molar-refractivity contribution in [2.75, 3.05) is 13.7 Å². The first-order valence-electron chi connectivity index (χ1n) is 5.68. The van der Waals surface area contributed by atoms with Gasteiger partial charge in [-0.3, -0.25) is 0 Å². The Hall–Kier alpha value is -0.930. The number of rotatable bonds is 6. The fourth-order valence-electron chi connectivity index (χ4n) is 1.62. The van der Waals surface area contributed by atoms with Crippen LogP contribution in [0, 0.1) is 5.82 Å². The van der Waals surface area contributed by atoms with E-state index in [4.69, 9.17) is 4.74 Å². The maximum atomic E-state index is 13.1. The van der Waals surface area contributed by atoms with E-state index in [1.54, 1.807) is 12.1 Å². The molecule has 0 amide bonds. The van der Waals surface area contributed by atoms with Crippen LogP contribution < -0.4 is 5.32 Å². The molecule has 0 bridgehead atoms. The molecule has 3 heteroatoms. The predicted octanol–water partition coefficient (Wildman–Crippen LogP) is 2.90. The maximum absolute atomic E-state index is 13.1. The van der Waals surface area contributed by atoms with E-state index in [1.807, 2.05) is 27.0 Å². The van der Waals surface area contributed by atoms with Gasteiger partial charge in [0, 0.05) is 12.6 Å². The second-order valence-electron chi connectivity index (χ2n) is 4.10. The first-order chi connectivity index (χ1) is 7.63. The fraction of sp³-hybridized carbons (Fsp3) is 0.538. The lowest BCUT2D eigenvalue weighted by molar-refractivity contribution is 0.0719. The minimum atomic E-state index is -0.192. The molecular formula is C13H20FNO. The van der Waals surface area contributed by atoms with Crippen LogP contribution in [0.2, 0.25) is 0 Å². The van der Waals surface area contributed by atoms with Gasteiger partial charge in [-0.05, 0) is 45.0 Å². The van der Waals surface area contributed by atoms with E-state index in [9.17, 15) is 4.39 Å². The molecule has 1 N–H and O–H groups in total. The highest BCUT2D eigenvalue weighted by Gasteiger charge is 2.09. The fourth-order valence-corrected chi connectivity index (χ4v) is 1.62. The Balaban J connectivity index is 2.53. The summed E-state index contributed by atoms with van der Waals surface area (Å²) in [5.74, 6) is -0.192. The summed E-state index contributed by atoms with van der Waals surface area (Å²) in [6.45, 7) is 4.70. The minimum absolute atomic E-state index is 0.148. The number of ether oxygens (including phenoxy) is 1. The molecule has 90 valence electrons. The van der Waals surface area contributed by atoms with Gasteiger partial charge in [-0.25, -0.2) is 4.39 Å². The van der Waals surface area contributed by atoms with Crippen molar-refractivity contribution in [2.24, 2.45) is 0 Å². The Morgan fingerprint density at radius 1 is 1.38 bits per heavy atom. The molecule has 0 radical (unpaired) electrons. The van der Waals surface area contributed by atoms with Crippen LogP contribution in [0.4, 0.5) is 4.39 Å². The quantitative estimate of drug-likeness (QED) is 0.803. The highest BCUT2D eigenvalue weighted by Crippen LogP contribution is 2.17. The average Bonchev–Trinajstić information content (AvgIpc) is 2.24. The molecule has 2 nitrogen and oxygen atoms in total. The summed E-state index contributed by atoms with van der Waals surface area (Å²) in [6, 6.07) is 6.84. The topological polar surface area (TPSA) is 21.3 Å². The molecule has 0 aliphatic rings. The number of benzene rings is 1.